The van der Waals surface area contributed by atoms with Gasteiger partial charge in [-0.05, 0) is 43.2 Å². The quantitative estimate of drug-likeness (QED) is 0.761. The van der Waals surface area contributed by atoms with Gasteiger partial charge in [-0.3, -0.25) is 4.79 Å². The van der Waals surface area contributed by atoms with Gasteiger partial charge in [-0.1, -0.05) is 29.3 Å². The summed E-state index contributed by atoms with van der Waals surface area (Å²) < 4.78 is 0.979. The number of amides is 1. The van der Waals surface area contributed by atoms with Crippen LogP contribution in [0.1, 0.15) is 35.8 Å². The second kappa shape index (κ2) is 7.89. The zero-order chi connectivity index (χ0) is 15.9. The molecular weight excluding hydrogens is 344 g/mol. The van der Waals surface area contributed by atoms with Crippen molar-refractivity contribution in [1.82, 2.24) is 9.97 Å². The number of carbonyl (C=O) groups excluding carboxylic acids is 1. The average Bonchev–Trinajstić information content (AvgIpc) is 2.50. The highest BCUT2D eigenvalue weighted by molar-refractivity contribution is 9.10. The van der Waals surface area contributed by atoms with Crippen molar-refractivity contribution in [3.63, 3.8) is 0 Å². The number of benzene rings is 1. The standard InChI is InChI=1S/C16H19BrN4O/c1-3-4-8-18-16-19-9-7-14(21-16)15(22)20-13-6-5-12(17)10-11(13)2/h5-7,9-10H,3-4,8H2,1-2H3,(H,20,22)(H,18,19,21). The summed E-state index contributed by atoms with van der Waals surface area (Å²) in [7, 11) is 0. The molecule has 1 aromatic heterocycles. The van der Waals surface area contributed by atoms with Crippen LogP contribution in [-0.2, 0) is 0 Å². The summed E-state index contributed by atoms with van der Waals surface area (Å²) in [6.07, 6.45) is 3.72. The van der Waals surface area contributed by atoms with Gasteiger partial charge in [0, 0.05) is 22.9 Å². The van der Waals surface area contributed by atoms with Gasteiger partial charge in [-0.15, -0.1) is 0 Å². The van der Waals surface area contributed by atoms with Crippen molar-refractivity contribution in [1.29, 1.82) is 0 Å². The third kappa shape index (κ3) is 4.53. The monoisotopic (exact) mass is 362 g/mol. The molecule has 0 radical (unpaired) electrons. The van der Waals surface area contributed by atoms with Gasteiger partial charge in [0.2, 0.25) is 5.95 Å². The van der Waals surface area contributed by atoms with Gasteiger partial charge in [-0.25, -0.2) is 9.97 Å². The van der Waals surface area contributed by atoms with Crippen molar-refractivity contribution >= 4 is 33.5 Å². The highest BCUT2D eigenvalue weighted by Gasteiger charge is 2.10. The Labute approximate surface area is 138 Å². The zero-order valence-electron chi connectivity index (χ0n) is 12.7. The molecule has 116 valence electrons. The van der Waals surface area contributed by atoms with Crippen molar-refractivity contribution in [3.05, 3.63) is 46.2 Å². The van der Waals surface area contributed by atoms with Crippen LogP contribution in [0.2, 0.25) is 0 Å². The summed E-state index contributed by atoms with van der Waals surface area (Å²) in [6.45, 7) is 4.86. The minimum atomic E-state index is -0.244. The Bertz CT molecular complexity index is 660. The molecule has 1 aromatic carbocycles. The Kier molecular flexibility index (Phi) is 5.89. The maximum absolute atomic E-state index is 12.3. The van der Waals surface area contributed by atoms with Crippen molar-refractivity contribution in [2.24, 2.45) is 0 Å². The summed E-state index contributed by atoms with van der Waals surface area (Å²) >= 11 is 3.41. The molecule has 0 unspecified atom stereocenters. The molecule has 0 saturated heterocycles. The SMILES string of the molecule is CCCCNc1nccc(C(=O)Nc2ccc(Br)cc2C)n1. The lowest BCUT2D eigenvalue weighted by Gasteiger charge is -2.09. The van der Waals surface area contributed by atoms with Gasteiger partial charge in [0.05, 0.1) is 0 Å². The van der Waals surface area contributed by atoms with Gasteiger partial charge in [-0.2, -0.15) is 0 Å². The molecule has 1 heterocycles. The molecule has 6 heteroatoms. The molecule has 0 atom stereocenters. The van der Waals surface area contributed by atoms with Gasteiger partial charge in [0.25, 0.3) is 5.91 Å². The molecule has 1 amide bonds. The van der Waals surface area contributed by atoms with E-state index < -0.39 is 0 Å². The lowest BCUT2D eigenvalue weighted by molar-refractivity contribution is 0.102. The summed E-state index contributed by atoms with van der Waals surface area (Å²) in [5, 5.41) is 5.99. The fourth-order valence-electron chi connectivity index (χ4n) is 1.90. The molecule has 0 aliphatic rings. The van der Waals surface area contributed by atoms with E-state index in [0.717, 1.165) is 35.1 Å². The van der Waals surface area contributed by atoms with Crippen LogP contribution in [0.15, 0.2) is 34.9 Å². The maximum atomic E-state index is 12.3. The first kappa shape index (κ1) is 16.4. The number of nitrogens with one attached hydrogen (secondary N) is 2. The van der Waals surface area contributed by atoms with E-state index in [0.29, 0.717) is 11.6 Å². The minimum absolute atomic E-state index is 0.244. The number of halogens is 1. The Hall–Kier alpha value is -1.95. The van der Waals surface area contributed by atoms with E-state index in [1.165, 1.54) is 0 Å². The normalized spacial score (nSPS) is 10.3. The minimum Gasteiger partial charge on any atom is -0.354 e. The Morgan fingerprint density at radius 2 is 2.14 bits per heavy atom. The molecule has 0 bridgehead atoms. The van der Waals surface area contributed by atoms with E-state index in [1.54, 1.807) is 12.3 Å². The fraction of sp³-hybridized carbons (Fsp3) is 0.312. The van der Waals surface area contributed by atoms with Gasteiger partial charge in [0.1, 0.15) is 5.69 Å². The number of aryl methyl sites for hydroxylation is 1. The van der Waals surface area contributed by atoms with Crippen molar-refractivity contribution in [3.8, 4) is 0 Å². The van der Waals surface area contributed by atoms with Crippen molar-refractivity contribution < 1.29 is 4.79 Å². The summed E-state index contributed by atoms with van der Waals surface area (Å²) in [5.41, 5.74) is 2.10. The molecule has 2 rings (SSSR count). The van der Waals surface area contributed by atoms with Crippen LogP contribution in [0.25, 0.3) is 0 Å². The second-order valence-electron chi connectivity index (χ2n) is 4.96. The van der Waals surface area contributed by atoms with E-state index in [1.807, 2.05) is 25.1 Å². The Balaban J connectivity index is 2.07. The maximum Gasteiger partial charge on any atom is 0.274 e. The van der Waals surface area contributed by atoms with Crippen LogP contribution in [0.5, 0.6) is 0 Å². The average molecular weight is 363 g/mol. The number of rotatable bonds is 6. The number of hydrogen-bond donors (Lipinski definition) is 2. The molecule has 2 aromatic rings. The van der Waals surface area contributed by atoms with Crippen LogP contribution >= 0.6 is 15.9 Å². The number of unbranched alkanes of at least 4 members (excludes halogenated alkanes) is 1. The van der Waals surface area contributed by atoms with Crippen molar-refractivity contribution in [2.45, 2.75) is 26.7 Å². The molecule has 5 nitrogen and oxygen atoms in total. The Morgan fingerprint density at radius 3 is 2.86 bits per heavy atom. The van der Waals surface area contributed by atoms with Gasteiger partial charge >= 0.3 is 0 Å². The number of anilines is 2. The molecule has 0 aliphatic heterocycles. The highest BCUT2D eigenvalue weighted by atomic mass is 79.9. The number of nitrogens with zero attached hydrogens (tertiary/aromatic N) is 2. The zero-order valence-corrected chi connectivity index (χ0v) is 14.3. The lowest BCUT2D eigenvalue weighted by Crippen LogP contribution is -2.16. The molecule has 0 fully saturated rings. The Morgan fingerprint density at radius 1 is 1.32 bits per heavy atom. The molecule has 0 spiro atoms. The van der Waals surface area contributed by atoms with Crippen LogP contribution in [0.3, 0.4) is 0 Å². The van der Waals surface area contributed by atoms with Crippen LogP contribution in [0.4, 0.5) is 11.6 Å². The second-order valence-corrected chi connectivity index (χ2v) is 5.87. The third-order valence-corrected chi connectivity index (χ3v) is 3.63. The molecule has 0 saturated carbocycles. The van der Waals surface area contributed by atoms with Crippen LogP contribution < -0.4 is 10.6 Å². The topological polar surface area (TPSA) is 66.9 Å². The highest BCUT2D eigenvalue weighted by Crippen LogP contribution is 2.20. The van der Waals surface area contributed by atoms with E-state index >= 15 is 0 Å². The third-order valence-electron chi connectivity index (χ3n) is 3.14. The predicted molar refractivity (Wildman–Crippen MR) is 92.3 cm³/mol. The van der Waals surface area contributed by atoms with E-state index in [-0.39, 0.29) is 5.91 Å². The lowest BCUT2D eigenvalue weighted by atomic mass is 10.2. The molecule has 22 heavy (non-hydrogen) atoms. The van der Waals surface area contributed by atoms with Crippen molar-refractivity contribution in [2.75, 3.05) is 17.2 Å². The summed E-state index contributed by atoms with van der Waals surface area (Å²) in [5.74, 6) is 0.236. The largest absolute Gasteiger partial charge is 0.354 e. The van der Waals surface area contributed by atoms with E-state index in [4.69, 9.17) is 0 Å². The number of aromatic nitrogens is 2. The first-order valence-corrected chi connectivity index (χ1v) is 8.04. The van der Waals surface area contributed by atoms with Crippen LogP contribution in [0, 0.1) is 6.92 Å². The first-order chi connectivity index (χ1) is 10.6. The van der Waals surface area contributed by atoms with E-state index in [2.05, 4.69) is 43.5 Å². The number of carbonyl (C=O) groups is 1. The molecule has 0 aliphatic carbocycles. The fourth-order valence-corrected chi connectivity index (χ4v) is 2.38. The first-order valence-electron chi connectivity index (χ1n) is 7.24. The van der Waals surface area contributed by atoms with Crippen LogP contribution in [-0.4, -0.2) is 22.4 Å². The summed E-state index contributed by atoms with van der Waals surface area (Å²) in [4.78, 5) is 20.7. The smallest absolute Gasteiger partial charge is 0.274 e. The van der Waals surface area contributed by atoms with Gasteiger partial charge in [0.15, 0.2) is 0 Å². The van der Waals surface area contributed by atoms with E-state index in [9.17, 15) is 4.79 Å². The predicted octanol–water partition coefficient (Wildman–Crippen LogP) is 4.01. The molecular formula is C16H19BrN4O. The molecule has 2 N–H and O–H groups in total. The van der Waals surface area contributed by atoms with Gasteiger partial charge < -0.3 is 10.6 Å². The number of hydrogen-bond acceptors (Lipinski definition) is 4. The summed E-state index contributed by atoms with van der Waals surface area (Å²) in [6, 6.07) is 7.31.